The highest BCUT2D eigenvalue weighted by atomic mass is 32.1. The van der Waals surface area contributed by atoms with Gasteiger partial charge in [-0.1, -0.05) is 0 Å². The maximum atomic E-state index is 15.1. The van der Waals surface area contributed by atoms with Crippen LogP contribution in [0.2, 0.25) is 0 Å². The van der Waals surface area contributed by atoms with E-state index in [0.717, 1.165) is 35.2 Å². The molecule has 2 aromatic rings. The van der Waals surface area contributed by atoms with Crippen LogP contribution in [0.3, 0.4) is 0 Å². The number of carbonyl (C=O) groups excluding carboxylic acids is 1. The summed E-state index contributed by atoms with van der Waals surface area (Å²) in [6, 6.07) is 3.48. The molecule has 0 saturated carbocycles. The quantitative estimate of drug-likeness (QED) is 0.111. The lowest BCUT2D eigenvalue weighted by Crippen LogP contribution is -2.54. The zero-order chi connectivity index (χ0) is 32.6. The van der Waals surface area contributed by atoms with Crippen molar-refractivity contribution in [3.05, 3.63) is 46.9 Å². The van der Waals surface area contributed by atoms with E-state index in [1.165, 1.54) is 19.9 Å². The minimum Gasteiger partial charge on any atom is -0.477 e. The van der Waals surface area contributed by atoms with Crippen molar-refractivity contribution in [3.63, 3.8) is 0 Å². The topological polar surface area (TPSA) is 87.9 Å². The Morgan fingerprint density at radius 1 is 1.07 bits per heavy atom. The predicted molar refractivity (Wildman–Crippen MR) is 146 cm³/mol. The van der Waals surface area contributed by atoms with E-state index in [-0.39, 0.29) is 25.3 Å². The third-order valence-corrected chi connectivity index (χ3v) is 6.33. The number of carbonyl (C=O) groups is 1. The first-order valence-corrected chi connectivity index (χ1v) is 13.1. The molecule has 1 aromatic carbocycles. The fourth-order valence-corrected chi connectivity index (χ4v) is 4.20. The van der Waals surface area contributed by atoms with Crippen molar-refractivity contribution >= 4 is 35.0 Å². The fraction of sp³-hybridized carbons (Fsp3) is 0.481. The Hall–Kier alpha value is -3.55. The summed E-state index contributed by atoms with van der Waals surface area (Å²) in [4.78, 5) is 17.4. The van der Waals surface area contributed by atoms with Gasteiger partial charge in [0.05, 0.1) is 54.6 Å². The summed E-state index contributed by atoms with van der Waals surface area (Å²) in [7, 11) is 1.06. The van der Waals surface area contributed by atoms with Gasteiger partial charge in [0.25, 0.3) is 0 Å². The number of alkyl halides is 6. The van der Waals surface area contributed by atoms with Crippen LogP contribution < -0.4 is 14.5 Å². The normalized spacial score (nSPS) is 12.0. The molecule has 8 nitrogen and oxygen atoms in total. The van der Waals surface area contributed by atoms with Gasteiger partial charge in [-0.25, -0.2) is 9.37 Å². The Kier molecular flexibility index (Phi) is 12.2. The van der Waals surface area contributed by atoms with Crippen molar-refractivity contribution in [2.75, 3.05) is 49.9 Å². The molecule has 0 amide bonds. The number of hydrogen-bond donors (Lipinski definition) is 0. The Balaban J connectivity index is 2.46. The summed E-state index contributed by atoms with van der Waals surface area (Å²) in [5, 5.41) is 8.49. The van der Waals surface area contributed by atoms with Crippen LogP contribution in [-0.4, -0.2) is 62.0 Å². The number of ether oxygens (including phenoxy) is 3. The van der Waals surface area contributed by atoms with E-state index in [2.05, 4.69) is 4.98 Å². The second-order valence-corrected chi connectivity index (χ2v) is 9.80. The smallest absolute Gasteiger partial charge is 0.421 e. The van der Waals surface area contributed by atoms with Crippen molar-refractivity contribution in [1.29, 1.82) is 5.26 Å². The summed E-state index contributed by atoms with van der Waals surface area (Å²) in [6.07, 6.45) is -8.70. The predicted octanol–water partition coefficient (Wildman–Crippen LogP) is 6.16. The molecule has 0 aliphatic rings. The highest BCUT2D eigenvalue weighted by Gasteiger charge is 2.41. The van der Waals surface area contributed by atoms with Gasteiger partial charge in [-0.2, -0.15) is 31.6 Å². The molecule has 0 fully saturated rings. The number of aromatic nitrogens is 1. The zero-order valence-corrected chi connectivity index (χ0v) is 24.4. The van der Waals surface area contributed by atoms with E-state index in [0.29, 0.717) is 32.2 Å². The van der Waals surface area contributed by atoms with Crippen LogP contribution in [0.4, 0.5) is 42.1 Å². The van der Waals surface area contributed by atoms with Crippen molar-refractivity contribution < 1.29 is 49.7 Å². The van der Waals surface area contributed by atoms with Crippen molar-refractivity contribution in [1.82, 2.24) is 4.98 Å². The number of benzene rings is 1. The van der Waals surface area contributed by atoms with Gasteiger partial charge >= 0.3 is 12.4 Å². The van der Waals surface area contributed by atoms with Gasteiger partial charge in [0.1, 0.15) is 17.4 Å². The number of anilines is 2. The lowest BCUT2D eigenvalue weighted by molar-refractivity contribution is -0.140. The van der Waals surface area contributed by atoms with Gasteiger partial charge in [-0.15, -0.1) is 0 Å². The monoisotopic (exact) mass is 638 g/mol. The van der Waals surface area contributed by atoms with E-state index < -0.39 is 57.1 Å². The highest BCUT2D eigenvalue weighted by Crippen LogP contribution is 2.40. The van der Waals surface area contributed by atoms with E-state index in [9.17, 15) is 31.1 Å². The first-order valence-electron chi connectivity index (χ1n) is 12.7. The summed E-state index contributed by atoms with van der Waals surface area (Å²) in [5.74, 6) is -2.60. The molecule has 0 bridgehead atoms. The average Bonchev–Trinajstić information content (AvgIpc) is 2.93. The maximum Gasteiger partial charge on any atom is 0.421 e. The second-order valence-electron chi connectivity index (χ2n) is 9.43. The second kappa shape index (κ2) is 14.8. The van der Waals surface area contributed by atoms with Crippen LogP contribution >= 0.6 is 12.2 Å². The van der Waals surface area contributed by atoms with Crippen LogP contribution in [-0.2, 0) is 26.6 Å². The minimum atomic E-state index is -5.24. The van der Waals surface area contributed by atoms with E-state index in [1.54, 1.807) is 0 Å². The molecule has 0 atom stereocenters. The molecular weight excluding hydrogens is 609 g/mol. The molecule has 0 aliphatic heterocycles. The molecule has 0 radical (unpaired) electrons. The molecule has 16 heteroatoms. The highest BCUT2D eigenvalue weighted by molar-refractivity contribution is 7.80. The molecule has 0 saturated heterocycles. The van der Waals surface area contributed by atoms with Crippen LogP contribution in [0.5, 0.6) is 5.88 Å². The van der Waals surface area contributed by atoms with Crippen LogP contribution in [0, 0.1) is 17.1 Å². The van der Waals surface area contributed by atoms with E-state index in [1.807, 2.05) is 6.92 Å². The minimum absolute atomic E-state index is 0.172. The van der Waals surface area contributed by atoms with E-state index in [4.69, 9.17) is 31.7 Å². The number of nitrogens with zero attached hydrogens (tertiary/aromatic N) is 4. The molecular formula is C27H29F7N4O4S. The van der Waals surface area contributed by atoms with Crippen LogP contribution in [0.1, 0.15) is 43.9 Å². The standard InChI is InChI=1S/C27H29F7N4O4S/c1-5-40-11-12-41-9-6-10-42-23-19(26(29,30)31)13-18(15-36-23)38(25(2,3)16-39)24(43)37(4)20-8-7-17(14-35)21(22(20)28)27(32,33)34/h7-8,13,15-16H,5-6,9-12H2,1-4H3. The molecule has 1 heterocycles. The molecule has 0 aliphatic carbocycles. The van der Waals surface area contributed by atoms with Gasteiger partial charge in [-0.3, -0.25) is 0 Å². The largest absolute Gasteiger partial charge is 0.477 e. The molecule has 236 valence electrons. The van der Waals surface area contributed by atoms with Crippen LogP contribution in [0.25, 0.3) is 0 Å². The molecule has 2 rings (SSSR count). The molecule has 0 unspecified atom stereocenters. The summed E-state index contributed by atoms with van der Waals surface area (Å²) >= 11 is 5.36. The van der Waals surface area contributed by atoms with Gasteiger partial charge < -0.3 is 28.8 Å². The van der Waals surface area contributed by atoms with Crippen molar-refractivity contribution in [2.45, 2.75) is 45.1 Å². The Labute approximate surface area is 248 Å². The maximum absolute atomic E-state index is 15.1. The van der Waals surface area contributed by atoms with Gasteiger partial charge in [0.2, 0.25) is 5.88 Å². The lowest BCUT2D eigenvalue weighted by Gasteiger charge is -2.39. The fourth-order valence-electron chi connectivity index (χ4n) is 3.77. The summed E-state index contributed by atoms with van der Waals surface area (Å²) < 4.78 is 114. The molecule has 0 N–H and O–H groups in total. The number of pyridine rings is 1. The van der Waals surface area contributed by atoms with Gasteiger partial charge in [0.15, 0.2) is 10.9 Å². The average molecular weight is 639 g/mol. The number of thiocarbonyl (C=S) groups is 1. The molecule has 0 spiro atoms. The van der Waals surface area contributed by atoms with Crippen LogP contribution in [0.15, 0.2) is 24.4 Å². The SMILES string of the molecule is CCOCCOCCCOc1ncc(N(C(=S)N(C)c2ccc(C#N)c(C(F)(F)F)c2F)C(C)(C)C=O)cc1C(F)(F)F. The summed E-state index contributed by atoms with van der Waals surface area (Å²) in [6.45, 7) is 5.57. The third-order valence-electron chi connectivity index (χ3n) is 5.88. The molecule has 1 aromatic heterocycles. The lowest BCUT2D eigenvalue weighted by atomic mass is 10.0. The number of nitriles is 1. The Bertz CT molecular complexity index is 1330. The number of halogens is 7. The first kappa shape index (κ1) is 35.6. The van der Waals surface area contributed by atoms with E-state index >= 15 is 4.39 Å². The Morgan fingerprint density at radius 3 is 2.28 bits per heavy atom. The van der Waals surface area contributed by atoms with Gasteiger partial charge in [-0.05, 0) is 51.2 Å². The number of rotatable bonds is 13. The van der Waals surface area contributed by atoms with Crippen molar-refractivity contribution in [2.24, 2.45) is 0 Å². The van der Waals surface area contributed by atoms with Crippen molar-refractivity contribution in [3.8, 4) is 11.9 Å². The Morgan fingerprint density at radius 2 is 1.72 bits per heavy atom. The first-order chi connectivity index (χ1) is 20.0. The number of hydrogen-bond acceptors (Lipinski definition) is 7. The molecule has 43 heavy (non-hydrogen) atoms. The number of aldehydes is 1. The van der Waals surface area contributed by atoms with Gasteiger partial charge in [0, 0.05) is 26.7 Å². The zero-order valence-electron chi connectivity index (χ0n) is 23.6. The summed E-state index contributed by atoms with van der Waals surface area (Å²) in [5.41, 5.74) is -6.94. The third kappa shape index (κ3) is 8.97.